The topological polar surface area (TPSA) is 93.4 Å². The number of H-pyrrole nitrogens is 1. The lowest BCUT2D eigenvalue weighted by molar-refractivity contribution is 0.937. The third-order valence-electron chi connectivity index (χ3n) is 1.24. The quantitative estimate of drug-likeness (QED) is 0.669. The van der Waals surface area contributed by atoms with E-state index in [0.29, 0.717) is 16.1 Å². The first-order chi connectivity index (χ1) is 6.34. The molecule has 2 aromatic heterocycles. The fourth-order valence-corrected chi connectivity index (χ4v) is 1.37. The van der Waals surface area contributed by atoms with Gasteiger partial charge in [-0.2, -0.15) is 5.10 Å². The molecule has 6 nitrogen and oxygen atoms in total. The third-order valence-corrected chi connectivity index (χ3v) is 2.01. The molecule has 0 saturated heterocycles. The average molecular weight is 194 g/mol. The highest BCUT2D eigenvalue weighted by molar-refractivity contribution is 7.99. The van der Waals surface area contributed by atoms with Crippen LogP contribution < -0.4 is 5.73 Å². The van der Waals surface area contributed by atoms with Crippen molar-refractivity contribution in [3.63, 3.8) is 0 Å². The second-order valence-corrected chi connectivity index (χ2v) is 3.11. The van der Waals surface area contributed by atoms with Gasteiger partial charge in [-0.05, 0) is 17.8 Å². The number of nitrogens with two attached hydrogens (primary N) is 1. The van der Waals surface area contributed by atoms with E-state index < -0.39 is 0 Å². The first-order valence-electron chi connectivity index (χ1n) is 3.46. The van der Waals surface area contributed by atoms with Crippen LogP contribution >= 0.6 is 11.8 Å². The van der Waals surface area contributed by atoms with Gasteiger partial charge in [0.05, 0.1) is 0 Å². The maximum absolute atomic E-state index is 5.48. The van der Waals surface area contributed by atoms with E-state index in [2.05, 4.69) is 25.1 Å². The van der Waals surface area contributed by atoms with Crippen LogP contribution in [0.1, 0.15) is 0 Å². The fraction of sp³-hybridized carbons (Fsp3) is 0. The number of nitrogens with zero attached hydrogens (tertiary/aromatic N) is 4. The molecule has 0 saturated carbocycles. The highest BCUT2D eigenvalue weighted by Crippen LogP contribution is 2.19. The highest BCUT2D eigenvalue weighted by Gasteiger charge is 2.02. The molecule has 2 heterocycles. The van der Waals surface area contributed by atoms with E-state index >= 15 is 0 Å². The van der Waals surface area contributed by atoms with Gasteiger partial charge in [0.2, 0.25) is 0 Å². The Morgan fingerprint density at radius 1 is 1.38 bits per heavy atom. The largest absolute Gasteiger partial charge is 0.384 e. The van der Waals surface area contributed by atoms with E-state index in [1.54, 1.807) is 12.3 Å². The Balaban J connectivity index is 2.19. The molecule has 0 bridgehead atoms. The average Bonchev–Trinajstić information content (AvgIpc) is 2.57. The minimum Gasteiger partial charge on any atom is -0.384 e. The standard InChI is InChI=1S/C6H6N6S/c7-4-1-2-8-5(11-4)13-6-9-3-10-12-6/h1-3H,(H2,7,8,11)(H,9,10,12). The van der Waals surface area contributed by atoms with E-state index in [0.717, 1.165) is 0 Å². The summed E-state index contributed by atoms with van der Waals surface area (Å²) in [7, 11) is 0. The minimum atomic E-state index is 0.442. The van der Waals surface area contributed by atoms with Gasteiger partial charge in [-0.3, -0.25) is 5.10 Å². The number of aromatic nitrogens is 5. The van der Waals surface area contributed by atoms with Crippen LogP contribution in [0.4, 0.5) is 5.82 Å². The summed E-state index contributed by atoms with van der Waals surface area (Å²) in [4.78, 5) is 11.9. The summed E-state index contributed by atoms with van der Waals surface area (Å²) in [6, 6.07) is 1.63. The molecule has 0 fully saturated rings. The number of nitrogen functional groups attached to an aromatic ring is 1. The van der Waals surface area contributed by atoms with Crippen molar-refractivity contribution >= 4 is 17.6 Å². The Hall–Kier alpha value is -1.63. The van der Waals surface area contributed by atoms with Crippen molar-refractivity contribution in [3.8, 4) is 0 Å². The first-order valence-corrected chi connectivity index (χ1v) is 4.28. The molecule has 2 rings (SSSR count). The number of rotatable bonds is 2. The van der Waals surface area contributed by atoms with E-state index in [1.165, 1.54) is 18.1 Å². The summed E-state index contributed by atoms with van der Waals surface area (Å²) < 4.78 is 0. The monoisotopic (exact) mass is 194 g/mol. The molecule has 0 amide bonds. The maximum Gasteiger partial charge on any atom is 0.197 e. The lowest BCUT2D eigenvalue weighted by Gasteiger charge is -1.95. The smallest absolute Gasteiger partial charge is 0.197 e. The summed E-state index contributed by atoms with van der Waals surface area (Å²) in [6.07, 6.45) is 3.02. The van der Waals surface area contributed by atoms with Gasteiger partial charge in [0.15, 0.2) is 10.3 Å². The molecular formula is C6H6N6S. The Bertz CT molecular complexity index is 386. The second kappa shape index (κ2) is 3.40. The van der Waals surface area contributed by atoms with Gasteiger partial charge in [0, 0.05) is 6.20 Å². The van der Waals surface area contributed by atoms with Crippen molar-refractivity contribution in [2.45, 2.75) is 10.3 Å². The fourth-order valence-electron chi connectivity index (χ4n) is 0.733. The molecule has 0 spiro atoms. The number of aromatic amines is 1. The lowest BCUT2D eigenvalue weighted by atomic mass is 10.6. The molecule has 13 heavy (non-hydrogen) atoms. The minimum absolute atomic E-state index is 0.442. The van der Waals surface area contributed by atoms with Crippen LogP contribution in [0.5, 0.6) is 0 Å². The summed E-state index contributed by atoms with van der Waals surface area (Å²) in [5, 5.41) is 7.58. The molecule has 0 aliphatic rings. The summed E-state index contributed by atoms with van der Waals surface area (Å²) >= 11 is 1.28. The molecule has 0 aliphatic carbocycles. The van der Waals surface area contributed by atoms with Gasteiger partial charge in [0.1, 0.15) is 12.1 Å². The van der Waals surface area contributed by atoms with Crippen LogP contribution in [0.2, 0.25) is 0 Å². The van der Waals surface area contributed by atoms with Crippen molar-refractivity contribution in [1.82, 2.24) is 25.1 Å². The van der Waals surface area contributed by atoms with Gasteiger partial charge in [-0.1, -0.05) is 0 Å². The molecule has 0 aliphatic heterocycles. The van der Waals surface area contributed by atoms with Gasteiger partial charge in [-0.25, -0.2) is 15.0 Å². The van der Waals surface area contributed by atoms with Crippen LogP contribution in [-0.4, -0.2) is 25.1 Å². The zero-order valence-corrected chi connectivity index (χ0v) is 7.32. The van der Waals surface area contributed by atoms with Gasteiger partial charge in [-0.15, -0.1) is 0 Å². The van der Waals surface area contributed by atoms with Gasteiger partial charge in [0.25, 0.3) is 0 Å². The summed E-state index contributed by atoms with van der Waals surface area (Å²) in [6.45, 7) is 0. The second-order valence-electron chi connectivity index (χ2n) is 2.16. The number of hydrogen-bond donors (Lipinski definition) is 2. The van der Waals surface area contributed by atoms with Crippen molar-refractivity contribution in [1.29, 1.82) is 0 Å². The van der Waals surface area contributed by atoms with E-state index in [1.807, 2.05) is 0 Å². The molecular weight excluding hydrogens is 188 g/mol. The molecule has 0 atom stereocenters. The molecule has 7 heteroatoms. The van der Waals surface area contributed by atoms with Crippen LogP contribution in [0.25, 0.3) is 0 Å². The van der Waals surface area contributed by atoms with E-state index in [4.69, 9.17) is 5.73 Å². The predicted octanol–water partition coefficient (Wildman–Crippen LogP) is 0.328. The van der Waals surface area contributed by atoms with Crippen LogP contribution in [0, 0.1) is 0 Å². The zero-order chi connectivity index (χ0) is 9.10. The predicted molar refractivity (Wildman–Crippen MR) is 47.0 cm³/mol. The molecule has 2 aromatic rings. The molecule has 66 valence electrons. The van der Waals surface area contributed by atoms with E-state index in [9.17, 15) is 0 Å². The van der Waals surface area contributed by atoms with Crippen molar-refractivity contribution in [2.24, 2.45) is 0 Å². The number of anilines is 1. The number of hydrogen-bond acceptors (Lipinski definition) is 6. The van der Waals surface area contributed by atoms with Crippen LogP contribution in [-0.2, 0) is 0 Å². The maximum atomic E-state index is 5.48. The normalized spacial score (nSPS) is 10.2. The Labute approximate surface area is 78.0 Å². The van der Waals surface area contributed by atoms with Crippen molar-refractivity contribution in [3.05, 3.63) is 18.6 Å². The summed E-state index contributed by atoms with van der Waals surface area (Å²) in [5.74, 6) is 0.442. The molecule has 3 N–H and O–H groups in total. The SMILES string of the molecule is Nc1ccnc(Sc2ncn[nH]2)n1. The van der Waals surface area contributed by atoms with Gasteiger partial charge < -0.3 is 5.73 Å². The first kappa shape index (κ1) is 7.99. The molecule has 0 aromatic carbocycles. The third kappa shape index (κ3) is 1.94. The van der Waals surface area contributed by atoms with Crippen molar-refractivity contribution in [2.75, 3.05) is 5.73 Å². The van der Waals surface area contributed by atoms with Crippen molar-refractivity contribution < 1.29 is 0 Å². The Morgan fingerprint density at radius 3 is 3.00 bits per heavy atom. The molecule has 0 radical (unpaired) electrons. The lowest BCUT2D eigenvalue weighted by Crippen LogP contribution is -1.93. The van der Waals surface area contributed by atoms with Gasteiger partial charge >= 0.3 is 0 Å². The Kier molecular flexibility index (Phi) is 2.09. The number of nitrogens with one attached hydrogen (secondary N) is 1. The molecule has 0 unspecified atom stereocenters. The highest BCUT2D eigenvalue weighted by atomic mass is 32.2. The zero-order valence-electron chi connectivity index (χ0n) is 6.51. The van der Waals surface area contributed by atoms with Crippen LogP contribution in [0.3, 0.4) is 0 Å². The summed E-state index contributed by atoms with van der Waals surface area (Å²) in [5.41, 5.74) is 5.48. The van der Waals surface area contributed by atoms with Crippen LogP contribution in [0.15, 0.2) is 28.9 Å². The Morgan fingerprint density at radius 2 is 2.31 bits per heavy atom. The van der Waals surface area contributed by atoms with E-state index in [-0.39, 0.29) is 0 Å².